The van der Waals surface area contributed by atoms with E-state index in [9.17, 15) is 0 Å². The van der Waals surface area contributed by atoms with Gasteiger partial charge in [0.05, 0.1) is 0 Å². The standard InChI is InChI=1S/C19H16O3/c1-3-4-13-5-7-16-15(9-13)12(2)19(22-16)14-6-8-17-18(10-14)21-11-20-17/h3-10H,11H2,1-2H3/b4-3-. The summed E-state index contributed by atoms with van der Waals surface area (Å²) >= 11 is 0. The van der Waals surface area contributed by atoms with Gasteiger partial charge in [0.1, 0.15) is 11.3 Å². The zero-order valence-corrected chi connectivity index (χ0v) is 12.6. The van der Waals surface area contributed by atoms with E-state index in [0.717, 1.165) is 39.4 Å². The van der Waals surface area contributed by atoms with E-state index in [-0.39, 0.29) is 6.79 Å². The molecule has 0 fully saturated rings. The van der Waals surface area contributed by atoms with Crippen molar-refractivity contribution in [1.82, 2.24) is 0 Å². The van der Waals surface area contributed by atoms with Crippen LogP contribution in [0.4, 0.5) is 0 Å². The van der Waals surface area contributed by atoms with Crippen molar-refractivity contribution in [1.29, 1.82) is 0 Å². The van der Waals surface area contributed by atoms with Gasteiger partial charge in [-0.05, 0) is 49.7 Å². The van der Waals surface area contributed by atoms with E-state index in [4.69, 9.17) is 13.9 Å². The molecule has 0 saturated carbocycles. The Morgan fingerprint density at radius 1 is 1.00 bits per heavy atom. The third kappa shape index (κ3) is 1.98. The molecule has 2 aromatic carbocycles. The first-order valence-corrected chi connectivity index (χ1v) is 7.32. The monoisotopic (exact) mass is 292 g/mol. The molecule has 1 aliphatic heterocycles. The number of hydrogen-bond donors (Lipinski definition) is 0. The summed E-state index contributed by atoms with van der Waals surface area (Å²) in [5.74, 6) is 2.44. The van der Waals surface area contributed by atoms with E-state index in [2.05, 4.69) is 25.1 Å². The summed E-state index contributed by atoms with van der Waals surface area (Å²) in [5, 5.41) is 1.14. The predicted molar refractivity (Wildman–Crippen MR) is 87.2 cm³/mol. The molecule has 0 bridgehead atoms. The number of fused-ring (bicyclic) bond motifs is 2. The molecule has 110 valence electrons. The third-order valence-corrected chi connectivity index (χ3v) is 3.95. The Kier molecular flexibility index (Phi) is 2.93. The molecule has 0 N–H and O–H groups in total. The van der Waals surface area contributed by atoms with E-state index >= 15 is 0 Å². The van der Waals surface area contributed by atoms with Gasteiger partial charge in [-0.2, -0.15) is 0 Å². The average molecular weight is 292 g/mol. The first-order valence-electron chi connectivity index (χ1n) is 7.32. The van der Waals surface area contributed by atoms with Crippen LogP contribution in [0.5, 0.6) is 11.5 Å². The number of aryl methyl sites for hydroxylation is 1. The topological polar surface area (TPSA) is 31.6 Å². The highest BCUT2D eigenvalue weighted by atomic mass is 16.7. The molecule has 0 saturated heterocycles. The molecule has 0 atom stereocenters. The maximum absolute atomic E-state index is 6.06. The lowest BCUT2D eigenvalue weighted by atomic mass is 10.0. The minimum absolute atomic E-state index is 0.282. The minimum atomic E-state index is 0.282. The Hall–Kier alpha value is -2.68. The van der Waals surface area contributed by atoms with Gasteiger partial charge < -0.3 is 13.9 Å². The lowest BCUT2D eigenvalue weighted by Crippen LogP contribution is -1.92. The summed E-state index contributed by atoms with van der Waals surface area (Å²) in [7, 11) is 0. The van der Waals surface area contributed by atoms with Crippen LogP contribution in [0, 0.1) is 6.92 Å². The number of rotatable bonds is 2. The summed E-state index contributed by atoms with van der Waals surface area (Å²) in [5.41, 5.74) is 4.22. The Balaban J connectivity index is 1.86. The predicted octanol–water partition coefficient (Wildman–Crippen LogP) is 5.17. The van der Waals surface area contributed by atoms with Gasteiger partial charge in [-0.25, -0.2) is 0 Å². The largest absolute Gasteiger partial charge is 0.456 e. The van der Waals surface area contributed by atoms with Gasteiger partial charge in [0, 0.05) is 16.5 Å². The molecular formula is C19H16O3. The van der Waals surface area contributed by atoms with Crippen molar-refractivity contribution in [3.8, 4) is 22.8 Å². The Morgan fingerprint density at radius 2 is 1.86 bits per heavy atom. The summed E-state index contributed by atoms with van der Waals surface area (Å²) in [6.07, 6.45) is 4.13. The molecule has 4 rings (SSSR count). The van der Waals surface area contributed by atoms with E-state index in [1.165, 1.54) is 5.56 Å². The molecule has 0 radical (unpaired) electrons. The van der Waals surface area contributed by atoms with Crippen LogP contribution in [0.15, 0.2) is 46.9 Å². The molecule has 0 amide bonds. The molecule has 3 heteroatoms. The highest BCUT2D eigenvalue weighted by Gasteiger charge is 2.18. The van der Waals surface area contributed by atoms with Gasteiger partial charge in [-0.15, -0.1) is 0 Å². The highest BCUT2D eigenvalue weighted by molar-refractivity contribution is 5.89. The molecule has 3 nitrogen and oxygen atoms in total. The fourth-order valence-corrected chi connectivity index (χ4v) is 2.85. The summed E-state index contributed by atoms with van der Waals surface area (Å²) in [4.78, 5) is 0. The van der Waals surface area contributed by atoms with Crippen LogP contribution in [0.3, 0.4) is 0 Å². The van der Waals surface area contributed by atoms with Gasteiger partial charge in [-0.1, -0.05) is 18.2 Å². The van der Waals surface area contributed by atoms with E-state index in [1.54, 1.807) is 0 Å². The van der Waals surface area contributed by atoms with E-state index < -0.39 is 0 Å². The van der Waals surface area contributed by atoms with E-state index in [0.29, 0.717) is 0 Å². The molecule has 0 aliphatic carbocycles. The average Bonchev–Trinajstić information content (AvgIpc) is 3.12. The van der Waals surface area contributed by atoms with E-state index in [1.807, 2.05) is 37.3 Å². The van der Waals surface area contributed by atoms with Crippen molar-refractivity contribution in [3.63, 3.8) is 0 Å². The van der Waals surface area contributed by atoms with Crippen LogP contribution in [0.1, 0.15) is 18.1 Å². The van der Waals surface area contributed by atoms with Crippen molar-refractivity contribution in [2.24, 2.45) is 0 Å². The summed E-state index contributed by atoms with van der Waals surface area (Å²) in [6.45, 7) is 4.39. The Morgan fingerprint density at radius 3 is 2.73 bits per heavy atom. The number of hydrogen-bond acceptors (Lipinski definition) is 3. The second kappa shape index (κ2) is 4.95. The second-order valence-corrected chi connectivity index (χ2v) is 5.38. The number of furan rings is 1. The van der Waals surface area contributed by atoms with Crippen molar-refractivity contribution < 1.29 is 13.9 Å². The second-order valence-electron chi connectivity index (χ2n) is 5.38. The molecule has 0 unspecified atom stereocenters. The number of benzene rings is 2. The third-order valence-electron chi connectivity index (χ3n) is 3.95. The summed E-state index contributed by atoms with van der Waals surface area (Å²) in [6, 6.07) is 12.1. The Bertz CT molecular complexity index is 887. The molecule has 1 aliphatic rings. The smallest absolute Gasteiger partial charge is 0.231 e. The van der Waals surface area contributed by atoms with Gasteiger partial charge in [-0.3, -0.25) is 0 Å². The molecule has 22 heavy (non-hydrogen) atoms. The quantitative estimate of drug-likeness (QED) is 0.653. The molecular weight excluding hydrogens is 276 g/mol. The van der Waals surface area contributed by atoms with Crippen molar-refractivity contribution in [2.75, 3.05) is 6.79 Å². The molecule has 0 spiro atoms. The highest BCUT2D eigenvalue weighted by Crippen LogP contribution is 2.39. The van der Waals surface area contributed by atoms with Gasteiger partial charge in [0.15, 0.2) is 11.5 Å². The normalized spacial score (nSPS) is 13.4. The van der Waals surface area contributed by atoms with Crippen molar-refractivity contribution >= 4 is 17.0 Å². The van der Waals surface area contributed by atoms with Crippen LogP contribution in [0.25, 0.3) is 28.4 Å². The molecule has 3 aromatic rings. The zero-order valence-electron chi connectivity index (χ0n) is 12.6. The maximum atomic E-state index is 6.06. The van der Waals surface area contributed by atoms with Gasteiger partial charge >= 0.3 is 0 Å². The van der Waals surface area contributed by atoms with Crippen molar-refractivity contribution in [3.05, 3.63) is 53.6 Å². The molecule has 1 aromatic heterocycles. The van der Waals surface area contributed by atoms with Crippen LogP contribution in [0.2, 0.25) is 0 Å². The zero-order chi connectivity index (χ0) is 15.1. The van der Waals surface area contributed by atoms with Crippen LogP contribution < -0.4 is 9.47 Å². The molecule has 2 heterocycles. The fourth-order valence-electron chi connectivity index (χ4n) is 2.85. The van der Waals surface area contributed by atoms with Crippen LogP contribution in [-0.4, -0.2) is 6.79 Å². The lowest BCUT2D eigenvalue weighted by Gasteiger charge is -2.01. The summed E-state index contributed by atoms with van der Waals surface area (Å²) < 4.78 is 16.9. The lowest BCUT2D eigenvalue weighted by molar-refractivity contribution is 0.174. The fraction of sp³-hybridized carbons (Fsp3) is 0.158. The van der Waals surface area contributed by atoms with Crippen LogP contribution >= 0.6 is 0 Å². The maximum Gasteiger partial charge on any atom is 0.231 e. The van der Waals surface area contributed by atoms with Crippen molar-refractivity contribution in [2.45, 2.75) is 13.8 Å². The first-order chi connectivity index (χ1) is 10.8. The number of ether oxygens (including phenoxy) is 2. The van der Waals surface area contributed by atoms with Gasteiger partial charge in [0.25, 0.3) is 0 Å². The Labute approximate surface area is 128 Å². The number of allylic oxidation sites excluding steroid dienone is 1. The SMILES string of the molecule is C/C=C\c1ccc2oc(-c3ccc4c(c3)OCO4)c(C)c2c1. The minimum Gasteiger partial charge on any atom is -0.456 e. The van der Waals surface area contributed by atoms with Crippen LogP contribution in [-0.2, 0) is 0 Å². The van der Waals surface area contributed by atoms with Gasteiger partial charge in [0.2, 0.25) is 6.79 Å². The first kappa shape index (κ1) is 13.0.